The topological polar surface area (TPSA) is 81.8 Å². The average Bonchev–Trinajstić information content (AvgIpc) is 3.38. The van der Waals surface area contributed by atoms with Gasteiger partial charge in [-0.1, -0.05) is 23.8 Å². The number of rotatable bonds is 6. The molecule has 4 rings (SSSR count). The first-order chi connectivity index (χ1) is 15.0. The van der Waals surface area contributed by atoms with Crippen molar-refractivity contribution < 1.29 is 14.4 Å². The molecule has 0 spiro atoms. The molecule has 2 aliphatic rings. The molecule has 2 heterocycles. The zero-order chi connectivity index (χ0) is 21.8. The molecule has 7 heteroatoms. The van der Waals surface area contributed by atoms with Crippen LogP contribution in [0.5, 0.6) is 0 Å². The molecule has 0 aromatic heterocycles. The van der Waals surface area contributed by atoms with Gasteiger partial charge in [-0.25, -0.2) is 4.79 Å². The molecule has 1 saturated heterocycles. The van der Waals surface area contributed by atoms with Gasteiger partial charge in [0, 0.05) is 49.5 Å². The lowest BCUT2D eigenvalue weighted by Gasteiger charge is -2.19. The van der Waals surface area contributed by atoms with Crippen molar-refractivity contribution in [1.82, 2.24) is 10.2 Å². The Morgan fingerprint density at radius 2 is 1.84 bits per heavy atom. The van der Waals surface area contributed by atoms with Crippen LogP contribution < -0.4 is 15.5 Å². The largest absolute Gasteiger partial charge is 0.352 e. The Kier molecular flexibility index (Phi) is 6.21. The number of urea groups is 1. The first-order valence-corrected chi connectivity index (χ1v) is 10.9. The lowest BCUT2D eigenvalue weighted by Crippen LogP contribution is -2.33. The van der Waals surface area contributed by atoms with Gasteiger partial charge < -0.3 is 15.5 Å². The van der Waals surface area contributed by atoms with E-state index in [1.165, 1.54) is 0 Å². The maximum atomic E-state index is 12.8. The summed E-state index contributed by atoms with van der Waals surface area (Å²) in [5, 5.41) is 5.89. The second kappa shape index (κ2) is 9.20. The van der Waals surface area contributed by atoms with Crippen molar-refractivity contribution in [1.29, 1.82) is 0 Å². The van der Waals surface area contributed by atoms with Gasteiger partial charge in [0.05, 0.1) is 0 Å². The van der Waals surface area contributed by atoms with Gasteiger partial charge >= 0.3 is 6.03 Å². The molecule has 31 heavy (non-hydrogen) atoms. The van der Waals surface area contributed by atoms with Gasteiger partial charge in [-0.2, -0.15) is 0 Å². The summed E-state index contributed by atoms with van der Waals surface area (Å²) in [6.45, 7) is 4.55. The van der Waals surface area contributed by atoms with E-state index in [4.69, 9.17) is 0 Å². The Labute approximate surface area is 182 Å². The SMILES string of the molecule is Cc1ccc(NC(=O)N2CCc3c(C(=O)NCCCN4CCCC4=O)cccc32)cc1. The third kappa shape index (κ3) is 4.71. The van der Waals surface area contributed by atoms with E-state index in [-0.39, 0.29) is 17.8 Å². The third-order valence-electron chi connectivity index (χ3n) is 5.88. The minimum atomic E-state index is -0.199. The summed E-state index contributed by atoms with van der Waals surface area (Å²) in [5.41, 5.74) is 4.16. The fourth-order valence-corrected chi connectivity index (χ4v) is 4.19. The number of likely N-dealkylation sites (tertiary alicyclic amines) is 1. The van der Waals surface area contributed by atoms with Crippen LogP contribution in [0.25, 0.3) is 0 Å². The fraction of sp³-hybridized carbons (Fsp3) is 0.375. The normalized spacial score (nSPS) is 15.2. The van der Waals surface area contributed by atoms with E-state index in [2.05, 4.69) is 10.6 Å². The number of nitrogens with one attached hydrogen (secondary N) is 2. The van der Waals surface area contributed by atoms with Crippen LogP contribution in [0.15, 0.2) is 42.5 Å². The molecule has 2 aromatic rings. The van der Waals surface area contributed by atoms with E-state index in [1.54, 1.807) is 11.0 Å². The monoisotopic (exact) mass is 420 g/mol. The number of aryl methyl sites for hydroxylation is 1. The minimum Gasteiger partial charge on any atom is -0.352 e. The number of hydrogen-bond acceptors (Lipinski definition) is 3. The average molecular weight is 421 g/mol. The van der Waals surface area contributed by atoms with Crippen LogP contribution in [0.2, 0.25) is 0 Å². The standard InChI is InChI=1S/C24H28N4O3/c1-17-8-10-18(11-9-17)26-24(31)28-16-12-19-20(5-2-6-21(19)28)23(30)25-13-4-15-27-14-3-7-22(27)29/h2,5-6,8-11H,3-4,7,12-16H2,1H3,(H,25,30)(H,26,31). The molecule has 1 fully saturated rings. The van der Waals surface area contributed by atoms with Crippen molar-refractivity contribution in [2.45, 2.75) is 32.6 Å². The van der Waals surface area contributed by atoms with E-state index in [1.807, 2.05) is 48.2 Å². The molecule has 0 unspecified atom stereocenters. The highest BCUT2D eigenvalue weighted by Crippen LogP contribution is 2.31. The molecule has 0 atom stereocenters. The van der Waals surface area contributed by atoms with Crippen LogP contribution in [0.4, 0.5) is 16.2 Å². The quantitative estimate of drug-likeness (QED) is 0.704. The molecular weight excluding hydrogens is 392 g/mol. The summed E-state index contributed by atoms with van der Waals surface area (Å²) in [7, 11) is 0. The molecule has 2 N–H and O–H groups in total. The van der Waals surface area contributed by atoms with E-state index < -0.39 is 0 Å². The molecule has 7 nitrogen and oxygen atoms in total. The summed E-state index contributed by atoms with van der Waals surface area (Å²) in [5.74, 6) is 0.0709. The molecule has 162 valence electrons. The third-order valence-corrected chi connectivity index (χ3v) is 5.88. The highest BCUT2D eigenvalue weighted by Gasteiger charge is 2.28. The van der Waals surface area contributed by atoms with Gasteiger partial charge in [0.15, 0.2) is 0 Å². The number of anilines is 2. The maximum Gasteiger partial charge on any atom is 0.326 e. The van der Waals surface area contributed by atoms with Gasteiger partial charge in [0.2, 0.25) is 5.91 Å². The van der Waals surface area contributed by atoms with Crippen molar-refractivity contribution in [2.24, 2.45) is 0 Å². The van der Waals surface area contributed by atoms with E-state index >= 15 is 0 Å². The summed E-state index contributed by atoms with van der Waals surface area (Å²) in [4.78, 5) is 40.8. The number of hydrogen-bond donors (Lipinski definition) is 2. The fourth-order valence-electron chi connectivity index (χ4n) is 4.19. The highest BCUT2D eigenvalue weighted by molar-refractivity contribution is 6.05. The predicted molar refractivity (Wildman–Crippen MR) is 120 cm³/mol. The number of nitrogens with zero attached hydrogens (tertiary/aromatic N) is 2. The van der Waals surface area contributed by atoms with Crippen molar-refractivity contribution in [3.05, 3.63) is 59.2 Å². The second-order valence-corrected chi connectivity index (χ2v) is 8.09. The summed E-state index contributed by atoms with van der Waals surface area (Å²) < 4.78 is 0. The van der Waals surface area contributed by atoms with Crippen LogP contribution in [0.1, 0.15) is 40.7 Å². The lowest BCUT2D eigenvalue weighted by atomic mass is 10.0. The molecule has 0 radical (unpaired) electrons. The number of carbonyl (C=O) groups is 3. The van der Waals surface area contributed by atoms with E-state index in [0.29, 0.717) is 38.0 Å². The number of carbonyl (C=O) groups excluding carboxylic acids is 3. The van der Waals surface area contributed by atoms with Gasteiger partial charge in [0.1, 0.15) is 0 Å². The van der Waals surface area contributed by atoms with Crippen LogP contribution in [-0.2, 0) is 11.2 Å². The van der Waals surface area contributed by atoms with Crippen molar-refractivity contribution in [3.63, 3.8) is 0 Å². The van der Waals surface area contributed by atoms with Crippen molar-refractivity contribution in [2.75, 3.05) is 36.4 Å². The Bertz CT molecular complexity index is 987. The molecular formula is C24H28N4O3. The second-order valence-electron chi connectivity index (χ2n) is 8.09. The van der Waals surface area contributed by atoms with Crippen molar-refractivity contribution >= 4 is 29.2 Å². The molecule has 2 aliphatic heterocycles. The summed E-state index contributed by atoms with van der Waals surface area (Å²) in [6.07, 6.45) is 2.94. The Hall–Kier alpha value is -3.35. The summed E-state index contributed by atoms with van der Waals surface area (Å²) in [6, 6.07) is 13.0. The van der Waals surface area contributed by atoms with Gasteiger partial charge in [-0.3, -0.25) is 14.5 Å². The van der Waals surface area contributed by atoms with Crippen LogP contribution in [0.3, 0.4) is 0 Å². The van der Waals surface area contributed by atoms with E-state index in [0.717, 1.165) is 41.9 Å². The Morgan fingerprint density at radius 3 is 2.58 bits per heavy atom. The molecule has 2 aromatic carbocycles. The molecule has 4 amide bonds. The van der Waals surface area contributed by atoms with Gasteiger partial charge in [-0.05, 0) is 56.0 Å². The van der Waals surface area contributed by atoms with Gasteiger partial charge in [-0.15, -0.1) is 0 Å². The molecule has 0 saturated carbocycles. The molecule has 0 aliphatic carbocycles. The lowest BCUT2D eigenvalue weighted by molar-refractivity contribution is -0.127. The van der Waals surface area contributed by atoms with E-state index in [9.17, 15) is 14.4 Å². The molecule has 0 bridgehead atoms. The summed E-state index contributed by atoms with van der Waals surface area (Å²) >= 11 is 0. The predicted octanol–water partition coefficient (Wildman–Crippen LogP) is 3.33. The van der Waals surface area contributed by atoms with Crippen molar-refractivity contribution in [3.8, 4) is 0 Å². The smallest absolute Gasteiger partial charge is 0.326 e. The first-order valence-electron chi connectivity index (χ1n) is 10.9. The van der Waals surface area contributed by atoms with Crippen LogP contribution in [0, 0.1) is 6.92 Å². The number of fused-ring (bicyclic) bond motifs is 1. The number of benzene rings is 2. The zero-order valence-corrected chi connectivity index (χ0v) is 17.8. The number of amides is 4. The maximum absolute atomic E-state index is 12.8. The minimum absolute atomic E-state index is 0.134. The highest BCUT2D eigenvalue weighted by atomic mass is 16.2. The van der Waals surface area contributed by atoms with Gasteiger partial charge in [0.25, 0.3) is 5.91 Å². The van der Waals surface area contributed by atoms with Crippen LogP contribution >= 0.6 is 0 Å². The first kappa shape index (κ1) is 20.9. The van der Waals surface area contributed by atoms with Crippen LogP contribution in [-0.4, -0.2) is 48.9 Å². The Balaban J connectivity index is 1.36. The zero-order valence-electron chi connectivity index (χ0n) is 17.8. The Morgan fingerprint density at radius 1 is 1.03 bits per heavy atom.